The Bertz CT molecular complexity index is 402. The van der Waals surface area contributed by atoms with Gasteiger partial charge in [-0.2, -0.15) is 0 Å². The molecule has 0 amide bonds. The van der Waals surface area contributed by atoms with E-state index in [1.807, 2.05) is 0 Å². The van der Waals surface area contributed by atoms with Crippen molar-refractivity contribution < 1.29 is 4.74 Å². The second-order valence-electron chi connectivity index (χ2n) is 4.42. The minimum Gasteiger partial charge on any atom is -0.490 e. The number of ether oxygens (including phenoxy) is 1. The summed E-state index contributed by atoms with van der Waals surface area (Å²) in [6.45, 7) is 5.47. The quantitative estimate of drug-likeness (QED) is 0.849. The molecule has 1 aromatic rings. The van der Waals surface area contributed by atoms with E-state index in [9.17, 15) is 0 Å². The molecule has 0 aromatic carbocycles. The van der Waals surface area contributed by atoms with Gasteiger partial charge in [-0.05, 0) is 25.9 Å². The maximum Gasteiger partial charge on any atom is 0.198 e. The van der Waals surface area contributed by atoms with Crippen LogP contribution in [-0.2, 0) is 0 Å². The fourth-order valence-electron chi connectivity index (χ4n) is 2.29. The van der Waals surface area contributed by atoms with Gasteiger partial charge < -0.3 is 15.0 Å². The second-order valence-corrected chi connectivity index (χ2v) is 4.78. The maximum atomic E-state index is 5.98. The lowest BCUT2D eigenvalue weighted by atomic mass is 10.1. The van der Waals surface area contributed by atoms with E-state index in [-0.39, 0.29) is 0 Å². The Morgan fingerprint density at radius 2 is 2.39 bits per heavy atom. The van der Waals surface area contributed by atoms with Crippen LogP contribution in [0.5, 0.6) is 5.75 Å². The van der Waals surface area contributed by atoms with E-state index in [2.05, 4.69) is 27.1 Å². The molecule has 2 rings (SSSR count). The fraction of sp³-hybridized carbons (Fsp3) is 0.667. The van der Waals surface area contributed by atoms with E-state index in [1.54, 1.807) is 7.11 Å². The SMILES string of the molecule is CCN1CCCC(Nc2ncnc(Cl)c2OC)C1. The number of anilines is 1. The number of hydrogen-bond acceptors (Lipinski definition) is 5. The van der Waals surface area contributed by atoms with Crippen LogP contribution in [0.15, 0.2) is 6.33 Å². The van der Waals surface area contributed by atoms with E-state index in [0.717, 1.165) is 19.5 Å². The van der Waals surface area contributed by atoms with Gasteiger partial charge in [0.05, 0.1) is 7.11 Å². The monoisotopic (exact) mass is 270 g/mol. The summed E-state index contributed by atoms with van der Waals surface area (Å²) in [6, 6.07) is 0.388. The highest BCUT2D eigenvalue weighted by Gasteiger charge is 2.21. The van der Waals surface area contributed by atoms with Crippen LogP contribution in [-0.4, -0.2) is 47.7 Å². The molecule has 0 saturated carbocycles. The summed E-state index contributed by atoms with van der Waals surface area (Å²) in [4.78, 5) is 10.5. The maximum absolute atomic E-state index is 5.98. The van der Waals surface area contributed by atoms with E-state index in [4.69, 9.17) is 16.3 Å². The minimum atomic E-state index is 0.346. The van der Waals surface area contributed by atoms with Gasteiger partial charge in [-0.3, -0.25) is 0 Å². The third-order valence-corrected chi connectivity index (χ3v) is 3.53. The van der Waals surface area contributed by atoms with Crippen molar-refractivity contribution in [2.45, 2.75) is 25.8 Å². The van der Waals surface area contributed by atoms with Gasteiger partial charge in [-0.25, -0.2) is 9.97 Å². The van der Waals surface area contributed by atoms with Gasteiger partial charge in [0.1, 0.15) is 6.33 Å². The minimum absolute atomic E-state index is 0.346. The van der Waals surface area contributed by atoms with Crippen LogP contribution in [0.3, 0.4) is 0 Å². The summed E-state index contributed by atoms with van der Waals surface area (Å²) < 4.78 is 5.24. The van der Waals surface area contributed by atoms with Gasteiger partial charge in [0.2, 0.25) is 0 Å². The van der Waals surface area contributed by atoms with Crippen molar-refractivity contribution in [3.05, 3.63) is 11.5 Å². The number of likely N-dealkylation sites (N-methyl/N-ethyl adjacent to an activating group) is 1. The highest BCUT2D eigenvalue weighted by molar-refractivity contribution is 6.31. The summed E-state index contributed by atoms with van der Waals surface area (Å²) in [6.07, 6.45) is 3.79. The van der Waals surface area contributed by atoms with Crippen molar-refractivity contribution in [1.29, 1.82) is 0 Å². The van der Waals surface area contributed by atoms with Crippen molar-refractivity contribution in [3.8, 4) is 5.75 Å². The molecule has 1 fully saturated rings. The molecule has 18 heavy (non-hydrogen) atoms. The zero-order valence-corrected chi connectivity index (χ0v) is 11.6. The lowest BCUT2D eigenvalue weighted by Gasteiger charge is -2.32. The molecule has 1 aliphatic rings. The molecule has 1 saturated heterocycles. The molecule has 1 unspecified atom stereocenters. The summed E-state index contributed by atoms with van der Waals surface area (Å²) in [5, 5.41) is 3.75. The standard InChI is InChI=1S/C12H19ClN4O/c1-3-17-6-4-5-9(7-17)16-12-10(18-2)11(13)14-8-15-12/h8-9H,3-7H2,1-2H3,(H,14,15,16). The number of nitrogens with zero attached hydrogens (tertiary/aromatic N) is 3. The van der Waals surface area contributed by atoms with Crippen LogP contribution < -0.4 is 10.1 Å². The first-order valence-electron chi connectivity index (χ1n) is 6.28. The summed E-state index contributed by atoms with van der Waals surface area (Å²) in [7, 11) is 1.58. The number of hydrogen-bond donors (Lipinski definition) is 1. The van der Waals surface area contributed by atoms with Gasteiger partial charge in [0.15, 0.2) is 16.7 Å². The number of nitrogens with one attached hydrogen (secondary N) is 1. The fourth-order valence-corrected chi connectivity index (χ4v) is 2.50. The van der Waals surface area contributed by atoms with Gasteiger partial charge >= 0.3 is 0 Å². The van der Waals surface area contributed by atoms with E-state index in [1.165, 1.54) is 19.3 Å². The number of halogens is 1. The van der Waals surface area contributed by atoms with Crippen LogP contribution in [0.25, 0.3) is 0 Å². The zero-order valence-electron chi connectivity index (χ0n) is 10.8. The topological polar surface area (TPSA) is 50.3 Å². The molecule has 0 spiro atoms. The summed E-state index contributed by atoms with van der Waals surface area (Å²) in [5.74, 6) is 1.20. The Balaban J connectivity index is 2.07. The first-order valence-corrected chi connectivity index (χ1v) is 6.65. The first-order chi connectivity index (χ1) is 8.74. The zero-order chi connectivity index (χ0) is 13.0. The molecule has 100 valence electrons. The number of methoxy groups -OCH3 is 1. The highest BCUT2D eigenvalue weighted by atomic mass is 35.5. The molecule has 0 bridgehead atoms. The lowest BCUT2D eigenvalue weighted by molar-refractivity contribution is 0.226. The van der Waals surface area contributed by atoms with E-state index >= 15 is 0 Å². The number of piperidine rings is 1. The molecule has 6 heteroatoms. The predicted molar refractivity (Wildman–Crippen MR) is 72.4 cm³/mol. The molecule has 1 N–H and O–H groups in total. The Hall–Kier alpha value is -1.07. The molecule has 1 atom stereocenters. The van der Waals surface area contributed by atoms with Crippen molar-refractivity contribution in [2.24, 2.45) is 0 Å². The van der Waals surface area contributed by atoms with Crippen molar-refractivity contribution in [1.82, 2.24) is 14.9 Å². The van der Waals surface area contributed by atoms with Gasteiger partial charge in [-0.15, -0.1) is 0 Å². The first kappa shape index (κ1) is 13.4. The Labute approximate surface area is 113 Å². The molecular weight excluding hydrogens is 252 g/mol. The second kappa shape index (κ2) is 6.20. The number of likely N-dealkylation sites (tertiary alicyclic amines) is 1. The number of rotatable bonds is 4. The smallest absolute Gasteiger partial charge is 0.198 e. The average molecular weight is 271 g/mol. The Morgan fingerprint density at radius 3 is 3.11 bits per heavy atom. The van der Waals surface area contributed by atoms with Crippen molar-refractivity contribution in [3.63, 3.8) is 0 Å². The molecule has 1 aromatic heterocycles. The van der Waals surface area contributed by atoms with Crippen LogP contribution >= 0.6 is 11.6 Å². The molecule has 0 radical (unpaired) electrons. The lowest BCUT2D eigenvalue weighted by Crippen LogP contribution is -2.42. The Kier molecular flexibility index (Phi) is 4.60. The van der Waals surface area contributed by atoms with Crippen LogP contribution in [0, 0.1) is 0 Å². The summed E-state index contributed by atoms with van der Waals surface area (Å²) in [5.41, 5.74) is 0. The van der Waals surface area contributed by atoms with Crippen molar-refractivity contribution in [2.75, 3.05) is 32.1 Å². The molecule has 2 heterocycles. The Morgan fingerprint density at radius 1 is 1.56 bits per heavy atom. The third kappa shape index (κ3) is 3.03. The van der Waals surface area contributed by atoms with Crippen LogP contribution in [0.4, 0.5) is 5.82 Å². The predicted octanol–water partition coefficient (Wildman–Crippen LogP) is 2.03. The third-order valence-electron chi connectivity index (χ3n) is 3.26. The molecule has 1 aliphatic heterocycles. The van der Waals surface area contributed by atoms with Crippen LogP contribution in [0.1, 0.15) is 19.8 Å². The van der Waals surface area contributed by atoms with Gasteiger partial charge in [0, 0.05) is 12.6 Å². The van der Waals surface area contributed by atoms with Gasteiger partial charge in [0.25, 0.3) is 0 Å². The van der Waals surface area contributed by atoms with Crippen molar-refractivity contribution >= 4 is 17.4 Å². The summed E-state index contributed by atoms with van der Waals surface area (Å²) >= 11 is 5.98. The highest BCUT2D eigenvalue weighted by Crippen LogP contribution is 2.29. The molecular formula is C12H19ClN4O. The van der Waals surface area contributed by atoms with E-state index in [0.29, 0.717) is 22.8 Å². The largest absolute Gasteiger partial charge is 0.490 e. The van der Waals surface area contributed by atoms with Gasteiger partial charge in [-0.1, -0.05) is 18.5 Å². The molecule has 5 nitrogen and oxygen atoms in total. The normalized spacial score (nSPS) is 20.7. The van der Waals surface area contributed by atoms with Crippen LogP contribution in [0.2, 0.25) is 5.15 Å². The van der Waals surface area contributed by atoms with E-state index < -0.39 is 0 Å². The number of aromatic nitrogens is 2. The average Bonchev–Trinajstić information content (AvgIpc) is 2.39. The molecule has 0 aliphatic carbocycles.